The van der Waals surface area contributed by atoms with Crippen LogP contribution >= 0.6 is 7.82 Å². The molecule has 2 saturated heterocycles. The largest absolute Gasteiger partial charge is 0.475 e. The number of hydrogen-bond acceptors (Lipinski definition) is 14. The number of nitrogens with one attached hydrogen (secondary N) is 2. The Bertz CT molecular complexity index is 1640. The minimum Gasteiger partial charge on any atom is -0.387 e. The Labute approximate surface area is 242 Å². The van der Waals surface area contributed by atoms with E-state index in [1.807, 2.05) is 0 Å². The summed E-state index contributed by atoms with van der Waals surface area (Å²) in [5.74, 6) is -0.569. The van der Waals surface area contributed by atoms with E-state index in [1.165, 1.54) is 32.8 Å². The molecule has 10 atom stereocenters. The van der Waals surface area contributed by atoms with Gasteiger partial charge in [0.15, 0.2) is 12.5 Å². The van der Waals surface area contributed by atoms with Gasteiger partial charge in [-0.2, -0.15) is 0 Å². The van der Waals surface area contributed by atoms with Crippen LogP contribution in [0.15, 0.2) is 48.7 Å². The van der Waals surface area contributed by atoms with E-state index >= 15 is 0 Å². The minimum atomic E-state index is -4.47. The summed E-state index contributed by atoms with van der Waals surface area (Å²) in [5, 5.41) is 11.4. The summed E-state index contributed by atoms with van der Waals surface area (Å²) in [4.78, 5) is 57.1. The topological polar surface area (TPSA) is 224 Å². The average molecular weight is 630 g/mol. The van der Waals surface area contributed by atoms with Crippen LogP contribution in [0.3, 0.4) is 0 Å². The molecule has 3 aliphatic rings. The second kappa shape index (κ2) is 12.1. The zero-order valence-electron chi connectivity index (χ0n) is 23.6. The molecule has 236 valence electrons. The maximum atomic E-state index is 13.9. The number of methoxy groups -OCH3 is 2. The van der Waals surface area contributed by atoms with Gasteiger partial charge in [0.2, 0.25) is 0 Å². The number of nitrogens with zero attached hydrogens (tertiary/aromatic N) is 3. The Hall–Kier alpha value is -3.06. The van der Waals surface area contributed by atoms with Crippen molar-refractivity contribution in [1.29, 1.82) is 0 Å². The van der Waals surface area contributed by atoms with Crippen molar-refractivity contribution in [3.05, 3.63) is 66.2 Å². The average Bonchev–Trinajstić information content (AvgIpc) is 3.45. The summed E-state index contributed by atoms with van der Waals surface area (Å²) in [6, 6.07) is 2.25. The summed E-state index contributed by atoms with van der Waals surface area (Å²) in [5.41, 5.74) is -4.53. The third kappa shape index (κ3) is 5.77. The summed E-state index contributed by atoms with van der Waals surface area (Å²) in [6.45, 7) is 0.869. The van der Waals surface area contributed by atoms with Crippen LogP contribution in [-0.4, -0.2) is 101 Å². The molecule has 3 N–H and O–H groups in total. The Morgan fingerprint density at radius 3 is 2.14 bits per heavy atom. The lowest BCUT2D eigenvalue weighted by Crippen LogP contribution is -2.49. The molecule has 18 nitrogen and oxygen atoms in total. The summed E-state index contributed by atoms with van der Waals surface area (Å²) in [6.07, 6.45) is -4.08. The molecule has 19 heteroatoms. The van der Waals surface area contributed by atoms with Gasteiger partial charge in [-0.3, -0.25) is 47.3 Å². The highest BCUT2D eigenvalue weighted by Crippen LogP contribution is 2.55. The van der Waals surface area contributed by atoms with Crippen LogP contribution in [0, 0.1) is 5.92 Å². The third-order valence-electron chi connectivity index (χ3n) is 7.67. The minimum absolute atomic E-state index is 0.259. The van der Waals surface area contributed by atoms with Crippen LogP contribution in [0.2, 0.25) is 0 Å². The fourth-order valence-electron chi connectivity index (χ4n) is 5.45. The number of aliphatic hydroxyl groups is 1. The first-order chi connectivity index (χ1) is 20.5. The van der Waals surface area contributed by atoms with Gasteiger partial charge < -0.3 is 24.1 Å². The van der Waals surface area contributed by atoms with Gasteiger partial charge >= 0.3 is 19.2 Å². The van der Waals surface area contributed by atoms with Gasteiger partial charge in [-0.15, -0.1) is 0 Å². The number of H-pyrrole nitrogens is 2. The van der Waals surface area contributed by atoms with Gasteiger partial charge in [0.25, 0.3) is 11.1 Å². The van der Waals surface area contributed by atoms with Gasteiger partial charge in [-0.05, 0) is 0 Å². The predicted octanol–water partition coefficient (Wildman–Crippen LogP) is -1.48. The molecule has 0 radical (unpaired) electrons. The van der Waals surface area contributed by atoms with Gasteiger partial charge in [0.1, 0.15) is 30.0 Å². The Morgan fingerprint density at radius 2 is 1.58 bits per heavy atom. The summed E-state index contributed by atoms with van der Waals surface area (Å²) in [7, 11) is -0.733. The van der Waals surface area contributed by atoms with Crippen molar-refractivity contribution in [1.82, 2.24) is 19.1 Å². The molecule has 3 aliphatic heterocycles. The number of rotatable bonds is 5. The lowest BCUT2D eigenvalue weighted by Gasteiger charge is -2.32. The van der Waals surface area contributed by atoms with E-state index in [1.54, 1.807) is 6.92 Å². The molecule has 2 fully saturated rings. The number of phosphoric ester groups is 1. The maximum Gasteiger partial charge on any atom is 0.475 e. The molecule has 2 aromatic heterocycles. The van der Waals surface area contributed by atoms with E-state index < -0.39 is 91.4 Å². The second-order valence-corrected chi connectivity index (χ2v) is 12.0. The number of aliphatic imine (C=N–C) groups is 1. The molecule has 5 rings (SSSR count). The smallest absolute Gasteiger partial charge is 0.387 e. The molecule has 0 saturated carbocycles. The summed E-state index contributed by atoms with van der Waals surface area (Å²) < 4.78 is 56.2. The Balaban J connectivity index is 1.51. The number of aliphatic hydroxyl groups excluding tert-OH is 1. The maximum absolute atomic E-state index is 13.9. The normalized spacial score (nSPS) is 38.2. The van der Waals surface area contributed by atoms with Crippen molar-refractivity contribution < 1.29 is 42.2 Å². The SMILES string of the molecule is CO[C@@H]1[C@@H]2OP(=O)(OC)OC[C@@]3(CN=C[C@H](C)[C@H]2O[C@H]1n1ccc(=O)[nH]c1=O)O[C@@H](n1ccc(=O)[nH]c1=O)[C@H](OC)[C@@H]3O. The number of hydrogen-bond donors (Lipinski definition) is 3. The molecule has 0 bridgehead atoms. The molecule has 43 heavy (non-hydrogen) atoms. The molecule has 5 heterocycles. The lowest BCUT2D eigenvalue weighted by atomic mass is 9.95. The quantitative estimate of drug-likeness (QED) is 0.321. The van der Waals surface area contributed by atoms with Crippen LogP contribution in [0.4, 0.5) is 0 Å². The fourth-order valence-corrected chi connectivity index (χ4v) is 6.62. The van der Waals surface area contributed by atoms with E-state index in [0.717, 1.165) is 28.4 Å². The molecule has 0 aromatic carbocycles. The van der Waals surface area contributed by atoms with E-state index in [-0.39, 0.29) is 6.54 Å². The highest BCUT2D eigenvalue weighted by molar-refractivity contribution is 7.48. The van der Waals surface area contributed by atoms with Gasteiger partial charge in [-0.25, -0.2) is 14.2 Å². The molecule has 1 unspecified atom stereocenters. The molecular formula is C24H32N5O13P. The highest BCUT2D eigenvalue weighted by atomic mass is 31.2. The third-order valence-corrected chi connectivity index (χ3v) is 9.06. The van der Waals surface area contributed by atoms with E-state index in [0.29, 0.717) is 0 Å². The van der Waals surface area contributed by atoms with Crippen molar-refractivity contribution in [3.8, 4) is 0 Å². The molecule has 0 amide bonds. The highest BCUT2D eigenvalue weighted by Gasteiger charge is 2.58. The van der Waals surface area contributed by atoms with Gasteiger partial charge in [0, 0.05) is 58.0 Å². The van der Waals surface area contributed by atoms with E-state index in [4.69, 9.17) is 32.5 Å². The van der Waals surface area contributed by atoms with E-state index in [2.05, 4.69) is 15.0 Å². The predicted molar refractivity (Wildman–Crippen MR) is 145 cm³/mol. The fraction of sp³-hybridized carbons (Fsp3) is 0.625. The molecule has 0 aliphatic carbocycles. The Morgan fingerprint density at radius 1 is 0.977 bits per heavy atom. The zero-order valence-corrected chi connectivity index (χ0v) is 24.4. The second-order valence-electron chi connectivity index (χ2n) is 10.3. The lowest BCUT2D eigenvalue weighted by molar-refractivity contribution is -0.124. The van der Waals surface area contributed by atoms with E-state index in [9.17, 15) is 28.8 Å². The molecule has 2 aromatic rings. The number of ether oxygens (including phenoxy) is 4. The standard InChI is InChI=1S/C24H32N5O13P/c1-12-9-25-10-24(19(32)18(37-3)21(41-24)29-8-6-14(31)27-23(29)34)11-39-43(35,38-4)42-16-15(12)40-20(17(16)36-2)28-7-5-13(30)26-22(28)33/h5-9,12,15-21,32H,10-11H2,1-4H3,(H,26,30,33)(H,27,31,34)/t12-,15+,16+,17+,18+,19-,20+,21+,24+,43?/m0/s1. The van der Waals surface area contributed by atoms with Gasteiger partial charge in [0.05, 0.1) is 19.3 Å². The molecular weight excluding hydrogens is 597 g/mol. The number of phosphoric acid groups is 1. The van der Waals surface area contributed by atoms with Crippen LogP contribution < -0.4 is 22.5 Å². The Kier molecular flexibility index (Phi) is 8.86. The van der Waals surface area contributed by atoms with Crippen LogP contribution in [0.25, 0.3) is 0 Å². The van der Waals surface area contributed by atoms with Gasteiger partial charge in [-0.1, -0.05) is 6.92 Å². The van der Waals surface area contributed by atoms with Crippen LogP contribution in [-0.2, 0) is 37.1 Å². The molecule has 1 spiro atoms. The first-order valence-electron chi connectivity index (χ1n) is 13.1. The first-order valence-corrected chi connectivity index (χ1v) is 14.6. The van der Waals surface area contributed by atoms with Crippen LogP contribution in [0.5, 0.6) is 0 Å². The van der Waals surface area contributed by atoms with Crippen molar-refractivity contribution in [2.45, 2.75) is 55.5 Å². The zero-order chi connectivity index (χ0) is 31.1. The van der Waals surface area contributed by atoms with Crippen molar-refractivity contribution >= 4 is 14.0 Å². The van der Waals surface area contributed by atoms with Crippen molar-refractivity contribution in [2.75, 3.05) is 34.5 Å². The monoisotopic (exact) mass is 629 g/mol. The first kappa shape index (κ1) is 31.4. The van der Waals surface area contributed by atoms with Crippen LogP contribution in [0.1, 0.15) is 19.4 Å². The van der Waals surface area contributed by atoms with Crippen molar-refractivity contribution in [2.24, 2.45) is 10.9 Å². The summed E-state index contributed by atoms with van der Waals surface area (Å²) >= 11 is 0. The van der Waals surface area contributed by atoms with Crippen molar-refractivity contribution in [3.63, 3.8) is 0 Å². The number of fused-ring (bicyclic) bond motifs is 1. The number of aromatic amines is 2. The number of aromatic nitrogens is 4.